The highest BCUT2D eigenvalue weighted by molar-refractivity contribution is 5.80. The van der Waals surface area contributed by atoms with Crippen molar-refractivity contribution < 1.29 is 4.79 Å². The summed E-state index contributed by atoms with van der Waals surface area (Å²) in [5.74, 6) is 2.26. The summed E-state index contributed by atoms with van der Waals surface area (Å²) in [6, 6.07) is 0. The summed E-state index contributed by atoms with van der Waals surface area (Å²) in [4.78, 5) is 10.8. The Morgan fingerprint density at radius 2 is 1.89 bits per heavy atom. The zero-order valence-corrected chi connectivity index (χ0v) is 5.60. The summed E-state index contributed by atoms with van der Waals surface area (Å²) >= 11 is 0. The van der Waals surface area contributed by atoms with Crippen molar-refractivity contribution in [2.45, 2.75) is 32.1 Å². The minimum absolute atomic E-state index is 0.506. The molecule has 2 rings (SSSR count). The molecule has 2 saturated carbocycles. The first-order valence-electron chi connectivity index (χ1n) is 3.88. The zero-order valence-electron chi connectivity index (χ0n) is 5.60. The van der Waals surface area contributed by atoms with E-state index in [2.05, 4.69) is 0 Å². The van der Waals surface area contributed by atoms with Crippen LogP contribution in [0.2, 0.25) is 0 Å². The highest BCUT2D eigenvalue weighted by atomic mass is 16.1. The summed E-state index contributed by atoms with van der Waals surface area (Å²) < 4.78 is 0. The lowest BCUT2D eigenvalue weighted by molar-refractivity contribution is -0.117. The monoisotopic (exact) mass is 124 g/mol. The molecule has 2 fully saturated rings. The van der Waals surface area contributed by atoms with E-state index >= 15 is 0 Å². The van der Waals surface area contributed by atoms with Gasteiger partial charge < -0.3 is 0 Å². The second-order valence-electron chi connectivity index (χ2n) is 3.38. The van der Waals surface area contributed by atoms with Crippen LogP contribution in [0.15, 0.2) is 0 Å². The van der Waals surface area contributed by atoms with Gasteiger partial charge in [-0.05, 0) is 31.1 Å². The van der Waals surface area contributed by atoms with Crippen molar-refractivity contribution >= 4 is 5.78 Å². The minimum atomic E-state index is 0.506. The Morgan fingerprint density at radius 3 is 2.33 bits per heavy atom. The molecule has 50 valence electrons. The Morgan fingerprint density at radius 1 is 1.11 bits per heavy atom. The Bertz CT molecular complexity index is 136. The van der Waals surface area contributed by atoms with Crippen LogP contribution in [0.3, 0.4) is 0 Å². The number of Topliss-reactive ketones (excluding diaryl/α,β-unsaturated/α-hetero) is 1. The molecule has 0 spiro atoms. The highest BCUT2D eigenvalue weighted by Crippen LogP contribution is 2.43. The van der Waals surface area contributed by atoms with Gasteiger partial charge in [0, 0.05) is 12.8 Å². The first-order chi connectivity index (χ1) is 4.36. The van der Waals surface area contributed by atoms with Gasteiger partial charge in [0.1, 0.15) is 5.78 Å². The molecular weight excluding hydrogens is 112 g/mol. The SMILES string of the molecule is O=C1CCC(C2CC2)C1. The van der Waals surface area contributed by atoms with Gasteiger partial charge in [-0.2, -0.15) is 0 Å². The molecule has 0 aromatic heterocycles. The molecule has 1 atom stereocenters. The van der Waals surface area contributed by atoms with Gasteiger partial charge >= 0.3 is 0 Å². The van der Waals surface area contributed by atoms with Gasteiger partial charge in [0.25, 0.3) is 0 Å². The van der Waals surface area contributed by atoms with Crippen LogP contribution in [-0.2, 0) is 4.79 Å². The van der Waals surface area contributed by atoms with E-state index < -0.39 is 0 Å². The van der Waals surface area contributed by atoms with Crippen LogP contribution in [-0.4, -0.2) is 5.78 Å². The summed E-state index contributed by atoms with van der Waals surface area (Å²) in [5.41, 5.74) is 0. The van der Waals surface area contributed by atoms with Crippen molar-refractivity contribution in [3.63, 3.8) is 0 Å². The van der Waals surface area contributed by atoms with E-state index in [9.17, 15) is 4.79 Å². The smallest absolute Gasteiger partial charge is 0.133 e. The maximum absolute atomic E-state index is 10.8. The molecule has 0 aliphatic heterocycles. The molecule has 0 aromatic rings. The molecule has 9 heavy (non-hydrogen) atoms. The van der Waals surface area contributed by atoms with Crippen molar-refractivity contribution in [1.29, 1.82) is 0 Å². The summed E-state index contributed by atoms with van der Waals surface area (Å²) in [7, 11) is 0. The van der Waals surface area contributed by atoms with Crippen molar-refractivity contribution in [3.8, 4) is 0 Å². The molecule has 0 radical (unpaired) electrons. The Kier molecular flexibility index (Phi) is 1.11. The molecule has 1 heteroatoms. The Hall–Kier alpha value is -0.330. The van der Waals surface area contributed by atoms with Crippen LogP contribution < -0.4 is 0 Å². The number of rotatable bonds is 1. The number of carbonyl (C=O) groups excluding carboxylic acids is 1. The van der Waals surface area contributed by atoms with Crippen LogP contribution in [0.5, 0.6) is 0 Å². The van der Waals surface area contributed by atoms with E-state index in [1.54, 1.807) is 0 Å². The quantitative estimate of drug-likeness (QED) is 0.520. The van der Waals surface area contributed by atoms with E-state index in [1.807, 2.05) is 0 Å². The molecule has 0 N–H and O–H groups in total. The van der Waals surface area contributed by atoms with Gasteiger partial charge in [-0.15, -0.1) is 0 Å². The van der Waals surface area contributed by atoms with Gasteiger partial charge in [0.05, 0.1) is 0 Å². The predicted molar refractivity (Wildman–Crippen MR) is 35.1 cm³/mol. The van der Waals surface area contributed by atoms with Crippen LogP contribution in [0.1, 0.15) is 32.1 Å². The van der Waals surface area contributed by atoms with Gasteiger partial charge in [0.15, 0.2) is 0 Å². The van der Waals surface area contributed by atoms with Crippen LogP contribution >= 0.6 is 0 Å². The fourth-order valence-corrected chi connectivity index (χ4v) is 1.81. The minimum Gasteiger partial charge on any atom is -0.300 e. The largest absolute Gasteiger partial charge is 0.300 e. The van der Waals surface area contributed by atoms with Crippen molar-refractivity contribution in [3.05, 3.63) is 0 Å². The molecule has 0 heterocycles. The summed E-state index contributed by atoms with van der Waals surface area (Å²) in [6.45, 7) is 0. The topological polar surface area (TPSA) is 17.1 Å². The molecule has 1 nitrogen and oxygen atoms in total. The van der Waals surface area contributed by atoms with Crippen molar-refractivity contribution in [2.75, 3.05) is 0 Å². The maximum atomic E-state index is 10.8. The second kappa shape index (κ2) is 1.83. The molecule has 0 amide bonds. The third-order valence-corrected chi connectivity index (χ3v) is 2.57. The average Bonchev–Trinajstić information content (AvgIpc) is 2.58. The van der Waals surface area contributed by atoms with Crippen LogP contribution in [0, 0.1) is 11.8 Å². The first kappa shape index (κ1) is 5.45. The van der Waals surface area contributed by atoms with E-state index in [0.717, 1.165) is 24.7 Å². The summed E-state index contributed by atoms with van der Waals surface area (Å²) in [6.07, 6.45) is 5.78. The molecule has 1 unspecified atom stereocenters. The van der Waals surface area contributed by atoms with Crippen molar-refractivity contribution in [1.82, 2.24) is 0 Å². The first-order valence-corrected chi connectivity index (χ1v) is 3.88. The fourth-order valence-electron chi connectivity index (χ4n) is 1.81. The third kappa shape index (κ3) is 1.00. The predicted octanol–water partition coefficient (Wildman–Crippen LogP) is 1.77. The van der Waals surface area contributed by atoms with Crippen molar-refractivity contribution in [2.24, 2.45) is 11.8 Å². The molecule has 0 bridgehead atoms. The third-order valence-electron chi connectivity index (χ3n) is 2.57. The maximum Gasteiger partial charge on any atom is 0.133 e. The second-order valence-corrected chi connectivity index (χ2v) is 3.38. The Labute approximate surface area is 55.4 Å². The normalized spacial score (nSPS) is 35.6. The molecule has 2 aliphatic rings. The van der Waals surface area contributed by atoms with Crippen LogP contribution in [0.4, 0.5) is 0 Å². The lowest BCUT2D eigenvalue weighted by Crippen LogP contribution is -1.96. The van der Waals surface area contributed by atoms with Crippen LogP contribution in [0.25, 0.3) is 0 Å². The van der Waals surface area contributed by atoms with Gasteiger partial charge in [-0.3, -0.25) is 4.79 Å². The molecular formula is C8H12O. The molecule has 0 aromatic carbocycles. The lowest BCUT2D eigenvalue weighted by atomic mass is 10.0. The number of hydrogen-bond acceptors (Lipinski definition) is 1. The highest BCUT2D eigenvalue weighted by Gasteiger charge is 2.35. The average molecular weight is 124 g/mol. The van der Waals surface area contributed by atoms with E-state index in [4.69, 9.17) is 0 Å². The van der Waals surface area contributed by atoms with Gasteiger partial charge in [0.2, 0.25) is 0 Å². The standard InChI is InChI=1S/C8H12O/c9-8-4-3-7(5-8)6-1-2-6/h6-7H,1-5H2. The van der Waals surface area contributed by atoms with Gasteiger partial charge in [-0.25, -0.2) is 0 Å². The molecule has 0 saturated heterocycles. The lowest BCUT2D eigenvalue weighted by Gasteiger charge is -2.01. The van der Waals surface area contributed by atoms with E-state index in [1.165, 1.54) is 19.3 Å². The number of ketones is 1. The Balaban J connectivity index is 1.92. The van der Waals surface area contributed by atoms with Gasteiger partial charge in [-0.1, -0.05) is 0 Å². The molecule has 2 aliphatic carbocycles. The zero-order chi connectivity index (χ0) is 6.27. The number of carbonyl (C=O) groups is 1. The summed E-state index contributed by atoms with van der Waals surface area (Å²) in [5, 5.41) is 0. The number of hydrogen-bond donors (Lipinski definition) is 0. The van der Waals surface area contributed by atoms with E-state index in [-0.39, 0.29) is 0 Å². The fraction of sp³-hybridized carbons (Fsp3) is 0.875. The van der Waals surface area contributed by atoms with E-state index in [0.29, 0.717) is 5.78 Å².